The van der Waals surface area contributed by atoms with Gasteiger partial charge in [-0.05, 0) is 41.3 Å². The highest BCUT2D eigenvalue weighted by atomic mass is 35.5. The van der Waals surface area contributed by atoms with Crippen molar-refractivity contribution in [3.63, 3.8) is 0 Å². The number of hydrogen-bond acceptors (Lipinski definition) is 4. The van der Waals surface area contributed by atoms with E-state index in [0.717, 1.165) is 23.3 Å². The van der Waals surface area contributed by atoms with Crippen LogP contribution in [0.15, 0.2) is 36.4 Å². The van der Waals surface area contributed by atoms with Gasteiger partial charge in [0, 0.05) is 24.7 Å². The van der Waals surface area contributed by atoms with Gasteiger partial charge in [-0.1, -0.05) is 29.8 Å². The highest BCUT2D eigenvalue weighted by Crippen LogP contribution is 2.33. The van der Waals surface area contributed by atoms with Gasteiger partial charge in [0.2, 0.25) is 5.91 Å². The molecule has 0 saturated heterocycles. The Labute approximate surface area is 158 Å². The molecule has 0 atom stereocenters. The van der Waals surface area contributed by atoms with Gasteiger partial charge in [-0.2, -0.15) is 0 Å². The summed E-state index contributed by atoms with van der Waals surface area (Å²) in [5, 5.41) is 3.89. The summed E-state index contributed by atoms with van der Waals surface area (Å²) in [5.41, 5.74) is 3.30. The van der Waals surface area contributed by atoms with E-state index in [0.29, 0.717) is 30.4 Å². The number of rotatable bonds is 6. The van der Waals surface area contributed by atoms with Crippen LogP contribution in [0.5, 0.6) is 11.5 Å². The van der Waals surface area contributed by atoms with Crippen molar-refractivity contribution in [3.05, 3.63) is 58.1 Å². The van der Waals surface area contributed by atoms with Gasteiger partial charge in [0.25, 0.3) is 0 Å². The lowest BCUT2D eigenvalue weighted by Crippen LogP contribution is -2.41. The van der Waals surface area contributed by atoms with Crippen molar-refractivity contribution in [2.75, 3.05) is 27.3 Å². The highest BCUT2D eigenvalue weighted by molar-refractivity contribution is 6.31. The molecule has 1 aliphatic heterocycles. The molecule has 0 unspecified atom stereocenters. The first kappa shape index (κ1) is 18.5. The standard InChI is InChI=1S/C20H23ClN2O3/c1-25-18-9-14-7-8-23(13-16(14)10-19(18)26-2)20(24)12-22-11-15-5-3-4-6-17(15)21/h3-6,9-10,22H,7-8,11-13H2,1-2H3. The summed E-state index contributed by atoms with van der Waals surface area (Å²) >= 11 is 6.14. The van der Waals surface area contributed by atoms with Gasteiger partial charge in [-0.25, -0.2) is 0 Å². The quantitative estimate of drug-likeness (QED) is 0.844. The molecule has 0 aliphatic carbocycles. The minimum absolute atomic E-state index is 0.0810. The van der Waals surface area contributed by atoms with Gasteiger partial charge in [0.05, 0.1) is 20.8 Å². The van der Waals surface area contributed by atoms with Crippen LogP contribution >= 0.6 is 11.6 Å². The summed E-state index contributed by atoms with van der Waals surface area (Å²) in [5.74, 6) is 1.50. The van der Waals surface area contributed by atoms with Gasteiger partial charge in [0.15, 0.2) is 11.5 Å². The van der Waals surface area contributed by atoms with Gasteiger partial charge in [-0.3, -0.25) is 4.79 Å². The van der Waals surface area contributed by atoms with Crippen molar-refractivity contribution >= 4 is 17.5 Å². The Kier molecular flexibility index (Phi) is 6.01. The van der Waals surface area contributed by atoms with E-state index < -0.39 is 0 Å². The Bertz CT molecular complexity index is 795. The lowest BCUT2D eigenvalue weighted by atomic mass is 9.98. The van der Waals surface area contributed by atoms with Crippen LogP contribution in [0.25, 0.3) is 0 Å². The molecule has 0 fully saturated rings. The summed E-state index contributed by atoms with van der Waals surface area (Å²) in [6, 6.07) is 11.6. The number of benzene rings is 2. The molecule has 0 saturated carbocycles. The zero-order valence-electron chi connectivity index (χ0n) is 15.0. The van der Waals surface area contributed by atoms with Crippen molar-refractivity contribution in [1.82, 2.24) is 10.2 Å². The van der Waals surface area contributed by atoms with E-state index in [1.807, 2.05) is 41.3 Å². The number of carbonyl (C=O) groups excluding carboxylic acids is 1. The lowest BCUT2D eigenvalue weighted by molar-refractivity contribution is -0.131. The number of halogens is 1. The fourth-order valence-electron chi connectivity index (χ4n) is 3.15. The molecule has 2 aromatic rings. The molecule has 0 bridgehead atoms. The van der Waals surface area contributed by atoms with Gasteiger partial charge < -0.3 is 19.7 Å². The predicted octanol–water partition coefficient (Wildman–Crippen LogP) is 3.03. The first-order valence-corrected chi connectivity index (χ1v) is 8.96. The van der Waals surface area contributed by atoms with E-state index in [2.05, 4.69) is 5.32 Å². The number of carbonyl (C=O) groups is 1. The summed E-state index contributed by atoms with van der Waals surface area (Å²) in [6.07, 6.45) is 0.811. The number of nitrogens with one attached hydrogen (secondary N) is 1. The Morgan fingerprint density at radius 3 is 2.54 bits per heavy atom. The highest BCUT2D eigenvalue weighted by Gasteiger charge is 2.22. The van der Waals surface area contributed by atoms with E-state index in [4.69, 9.17) is 21.1 Å². The fraction of sp³-hybridized carbons (Fsp3) is 0.350. The molecular weight excluding hydrogens is 352 g/mol. The smallest absolute Gasteiger partial charge is 0.236 e. The molecule has 0 spiro atoms. The van der Waals surface area contributed by atoms with Crippen LogP contribution in [0.3, 0.4) is 0 Å². The molecule has 1 amide bonds. The zero-order chi connectivity index (χ0) is 18.5. The van der Waals surface area contributed by atoms with Gasteiger partial charge in [-0.15, -0.1) is 0 Å². The van der Waals surface area contributed by atoms with E-state index in [1.165, 1.54) is 5.56 Å². The third-order valence-corrected chi connectivity index (χ3v) is 4.99. The largest absolute Gasteiger partial charge is 0.493 e. The number of ether oxygens (including phenoxy) is 2. The first-order valence-electron chi connectivity index (χ1n) is 8.58. The second-order valence-electron chi connectivity index (χ2n) is 6.24. The Hall–Kier alpha value is -2.24. The molecule has 3 rings (SSSR count). The average molecular weight is 375 g/mol. The van der Waals surface area contributed by atoms with Crippen LogP contribution in [-0.4, -0.2) is 38.1 Å². The van der Waals surface area contributed by atoms with E-state index in [-0.39, 0.29) is 12.5 Å². The second-order valence-corrected chi connectivity index (χ2v) is 6.64. The average Bonchev–Trinajstić information content (AvgIpc) is 2.67. The fourth-order valence-corrected chi connectivity index (χ4v) is 3.36. The van der Waals surface area contributed by atoms with Crippen LogP contribution in [0, 0.1) is 0 Å². The van der Waals surface area contributed by atoms with Crippen LogP contribution in [-0.2, 0) is 24.3 Å². The van der Waals surface area contributed by atoms with Crippen molar-refractivity contribution in [2.45, 2.75) is 19.5 Å². The summed E-state index contributed by atoms with van der Waals surface area (Å²) in [7, 11) is 3.25. The van der Waals surface area contributed by atoms with E-state index in [9.17, 15) is 4.79 Å². The Balaban J connectivity index is 1.59. The van der Waals surface area contributed by atoms with Crippen LogP contribution in [0.4, 0.5) is 0 Å². The number of fused-ring (bicyclic) bond motifs is 1. The topological polar surface area (TPSA) is 50.8 Å². The van der Waals surface area contributed by atoms with Crippen molar-refractivity contribution < 1.29 is 14.3 Å². The van der Waals surface area contributed by atoms with Crippen LogP contribution < -0.4 is 14.8 Å². The minimum Gasteiger partial charge on any atom is -0.493 e. The zero-order valence-corrected chi connectivity index (χ0v) is 15.8. The maximum atomic E-state index is 12.5. The number of methoxy groups -OCH3 is 2. The molecule has 5 nitrogen and oxygen atoms in total. The SMILES string of the molecule is COc1cc2c(cc1OC)CN(C(=O)CNCc1ccccc1Cl)CC2. The van der Waals surface area contributed by atoms with Gasteiger partial charge >= 0.3 is 0 Å². The maximum absolute atomic E-state index is 12.5. The first-order chi connectivity index (χ1) is 12.6. The molecule has 0 aromatic heterocycles. The molecule has 26 heavy (non-hydrogen) atoms. The van der Waals surface area contributed by atoms with E-state index >= 15 is 0 Å². The monoisotopic (exact) mass is 374 g/mol. The number of nitrogens with zero attached hydrogens (tertiary/aromatic N) is 1. The molecule has 1 N–H and O–H groups in total. The van der Waals surface area contributed by atoms with E-state index in [1.54, 1.807) is 14.2 Å². The Morgan fingerprint density at radius 2 is 1.85 bits per heavy atom. The second kappa shape index (κ2) is 8.43. The maximum Gasteiger partial charge on any atom is 0.236 e. The molecule has 1 aliphatic rings. The number of amides is 1. The minimum atomic E-state index is 0.0810. The predicted molar refractivity (Wildman–Crippen MR) is 102 cm³/mol. The third-order valence-electron chi connectivity index (χ3n) is 4.62. The normalized spacial score (nSPS) is 13.3. The van der Waals surface area contributed by atoms with Crippen molar-refractivity contribution in [3.8, 4) is 11.5 Å². The van der Waals surface area contributed by atoms with Crippen LogP contribution in [0.1, 0.15) is 16.7 Å². The molecular formula is C20H23ClN2O3. The molecule has 6 heteroatoms. The molecule has 0 radical (unpaired) electrons. The summed E-state index contributed by atoms with van der Waals surface area (Å²) in [4.78, 5) is 14.4. The third kappa shape index (κ3) is 4.11. The lowest BCUT2D eigenvalue weighted by Gasteiger charge is -2.29. The Morgan fingerprint density at radius 1 is 1.15 bits per heavy atom. The van der Waals surface area contributed by atoms with Crippen molar-refractivity contribution in [1.29, 1.82) is 0 Å². The van der Waals surface area contributed by atoms with Crippen LogP contribution in [0.2, 0.25) is 5.02 Å². The molecule has 1 heterocycles. The molecule has 138 valence electrons. The summed E-state index contributed by atoms with van der Waals surface area (Å²) < 4.78 is 10.7. The molecule has 2 aromatic carbocycles. The summed E-state index contributed by atoms with van der Waals surface area (Å²) in [6.45, 7) is 2.14. The van der Waals surface area contributed by atoms with Crippen molar-refractivity contribution in [2.24, 2.45) is 0 Å². The number of hydrogen-bond donors (Lipinski definition) is 1. The van der Waals surface area contributed by atoms with Gasteiger partial charge in [0.1, 0.15) is 0 Å².